The van der Waals surface area contributed by atoms with E-state index < -0.39 is 0 Å². The number of nitrogens with one attached hydrogen (secondary N) is 2. The predicted molar refractivity (Wildman–Crippen MR) is 93.8 cm³/mol. The summed E-state index contributed by atoms with van der Waals surface area (Å²) in [5, 5.41) is 6.87. The summed E-state index contributed by atoms with van der Waals surface area (Å²) in [4.78, 5) is 12.1. The number of rotatable bonds is 5. The Kier molecular flexibility index (Phi) is 5.45. The molecule has 0 heterocycles. The number of hydrogen-bond acceptors (Lipinski definition) is 2. The van der Waals surface area contributed by atoms with Crippen molar-refractivity contribution in [2.45, 2.75) is 27.2 Å². The first-order chi connectivity index (χ1) is 10.5. The molecule has 2 aromatic rings. The quantitative estimate of drug-likeness (QED) is 0.839. The SMILES string of the molecule is Cc1cc(C)c(NC(=O)CCNc2cccc(Cl)c2)c(C)c1. The van der Waals surface area contributed by atoms with E-state index >= 15 is 0 Å². The second kappa shape index (κ2) is 7.32. The normalized spacial score (nSPS) is 10.4. The number of anilines is 2. The topological polar surface area (TPSA) is 41.1 Å². The van der Waals surface area contributed by atoms with Gasteiger partial charge in [-0.1, -0.05) is 35.4 Å². The van der Waals surface area contributed by atoms with E-state index in [9.17, 15) is 4.79 Å². The van der Waals surface area contributed by atoms with Crippen LogP contribution in [0.15, 0.2) is 36.4 Å². The highest BCUT2D eigenvalue weighted by atomic mass is 35.5. The molecule has 0 saturated heterocycles. The van der Waals surface area contributed by atoms with Gasteiger partial charge in [-0.05, 0) is 50.1 Å². The Hall–Kier alpha value is -2.00. The Bertz CT molecular complexity index is 660. The molecule has 0 bridgehead atoms. The van der Waals surface area contributed by atoms with Crippen LogP contribution < -0.4 is 10.6 Å². The minimum Gasteiger partial charge on any atom is -0.384 e. The third-order valence-electron chi connectivity index (χ3n) is 3.45. The maximum absolute atomic E-state index is 12.1. The Morgan fingerprint density at radius 2 is 1.77 bits per heavy atom. The second-order valence-corrected chi connectivity index (χ2v) is 5.95. The largest absolute Gasteiger partial charge is 0.384 e. The average molecular weight is 317 g/mol. The summed E-state index contributed by atoms with van der Waals surface area (Å²) in [5.74, 6) is 0.00424. The van der Waals surface area contributed by atoms with Crippen LogP contribution in [0.3, 0.4) is 0 Å². The number of halogens is 1. The molecule has 116 valence electrons. The molecule has 0 aliphatic rings. The molecular weight excluding hydrogens is 296 g/mol. The smallest absolute Gasteiger partial charge is 0.226 e. The Morgan fingerprint density at radius 1 is 1.09 bits per heavy atom. The van der Waals surface area contributed by atoms with Crippen LogP contribution in [0.5, 0.6) is 0 Å². The standard InChI is InChI=1S/C18H21ClN2O/c1-12-9-13(2)18(14(3)10-12)21-17(22)7-8-20-16-6-4-5-15(19)11-16/h4-6,9-11,20H,7-8H2,1-3H3,(H,21,22). The molecule has 22 heavy (non-hydrogen) atoms. The number of benzene rings is 2. The molecule has 0 aliphatic carbocycles. The van der Waals surface area contributed by atoms with Crippen LogP contribution in [0.2, 0.25) is 5.02 Å². The van der Waals surface area contributed by atoms with E-state index in [1.165, 1.54) is 5.56 Å². The third-order valence-corrected chi connectivity index (χ3v) is 3.68. The summed E-state index contributed by atoms with van der Waals surface area (Å²) in [5.41, 5.74) is 5.22. The molecule has 0 saturated carbocycles. The molecule has 2 N–H and O–H groups in total. The summed E-state index contributed by atoms with van der Waals surface area (Å²) in [6, 6.07) is 11.6. The molecule has 0 fully saturated rings. The van der Waals surface area contributed by atoms with Crippen molar-refractivity contribution in [2.24, 2.45) is 0 Å². The van der Waals surface area contributed by atoms with Crippen LogP contribution in [-0.4, -0.2) is 12.5 Å². The van der Waals surface area contributed by atoms with Crippen LogP contribution in [-0.2, 0) is 4.79 Å². The van der Waals surface area contributed by atoms with Gasteiger partial charge < -0.3 is 10.6 Å². The Morgan fingerprint density at radius 3 is 2.41 bits per heavy atom. The van der Waals surface area contributed by atoms with Crippen LogP contribution in [0.4, 0.5) is 11.4 Å². The van der Waals surface area contributed by atoms with Crippen molar-refractivity contribution in [1.82, 2.24) is 0 Å². The van der Waals surface area contributed by atoms with E-state index in [4.69, 9.17) is 11.6 Å². The molecule has 2 rings (SSSR count). The molecule has 0 atom stereocenters. The fraction of sp³-hybridized carbons (Fsp3) is 0.278. The van der Waals surface area contributed by atoms with Crippen LogP contribution in [0, 0.1) is 20.8 Å². The summed E-state index contributed by atoms with van der Waals surface area (Å²) in [6.45, 7) is 6.65. The van der Waals surface area contributed by atoms with Gasteiger partial charge in [0, 0.05) is 29.4 Å². The minimum absolute atomic E-state index is 0.00424. The van der Waals surface area contributed by atoms with Gasteiger partial charge in [-0.2, -0.15) is 0 Å². The van der Waals surface area contributed by atoms with Crippen LogP contribution in [0.1, 0.15) is 23.1 Å². The van der Waals surface area contributed by atoms with Crippen LogP contribution in [0.25, 0.3) is 0 Å². The van der Waals surface area contributed by atoms with Gasteiger partial charge in [0.1, 0.15) is 0 Å². The first-order valence-corrected chi connectivity index (χ1v) is 7.70. The number of aryl methyl sites for hydroxylation is 3. The van der Waals surface area contributed by atoms with Crippen molar-refractivity contribution < 1.29 is 4.79 Å². The number of hydrogen-bond donors (Lipinski definition) is 2. The molecule has 0 spiro atoms. The second-order valence-electron chi connectivity index (χ2n) is 5.51. The lowest BCUT2D eigenvalue weighted by atomic mass is 10.1. The molecule has 3 nitrogen and oxygen atoms in total. The summed E-state index contributed by atoms with van der Waals surface area (Å²) >= 11 is 5.92. The number of carbonyl (C=O) groups is 1. The molecule has 0 aliphatic heterocycles. The zero-order valence-electron chi connectivity index (χ0n) is 13.2. The van der Waals surface area contributed by atoms with Crippen molar-refractivity contribution in [1.29, 1.82) is 0 Å². The van der Waals surface area contributed by atoms with Crippen molar-refractivity contribution in [2.75, 3.05) is 17.2 Å². The first-order valence-electron chi connectivity index (χ1n) is 7.33. The summed E-state index contributed by atoms with van der Waals surface area (Å²) < 4.78 is 0. The molecule has 0 unspecified atom stereocenters. The lowest BCUT2D eigenvalue weighted by molar-refractivity contribution is -0.115. The highest BCUT2D eigenvalue weighted by Gasteiger charge is 2.08. The van der Waals surface area contributed by atoms with Gasteiger partial charge in [0.15, 0.2) is 0 Å². The fourth-order valence-corrected chi connectivity index (χ4v) is 2.69. The maximum Gasteiger partial charge on any atom is 0.226 e. The van der Waals surface area contributed by atoms with Crippen molar-refractivity contribution in [3.63, 3.8) is 0 Å². The van der Waals surface area contributed by atoms with Gasteiger partial charge in [-0.3, -0.25) is 4.79 Å². The highest BCUT2D eigenvalue weighted by molar-refractivity contribution is 6.30. The molecule has 0 aromatic heterocycles. The minimum atomic E-state index is 0.00424. The van der Waals surface area contributed by atoms with Gasteiger partial charge in [0.2, 0.25) is 5.91 Å². The Labute approximate surface area is 136 Å². The van der Waals surface area contributed by atoms with Crippen molar-refractivity contribution in [3.8, 4) is 0 Å². The monoisotopic (exact) mass is 316 g/mol. The lowest BCUT2D eigenvalue weighted by Crippen LogP contribution is -2.17. The van der Waals surface area contributed by atoms with Crippen LogP contribution >= 0.6 is 11.6 Å². The van der Waals surface area contributed by atoms with Crippen molar-refractivity contribution in [3.05, 3.63) is 58.1 Å². The highest BCUT2D eigenvalue weighted by Crippen LogP contribution is 2.22. The molecule has 0 radical (unpaired) electrons. The van der Waals surface area contributed by atoms with E-state index in [0.29, 0.717) is 18.0 Å². The van der Waals surface area contributed by atoms with E-state index in [-0.39, 0.29) is 5.91 Å². The number of amides is 1. The lowest BCUT2D eigenvalue weighted by Gasteiger charge is -2.13. The fourth-order valence-electron chi connectivity index (χ4n) is 2.50. The maximum atomic E-state index is 12.1. The van der Waals surface area contributed by atoms with E-state index in [1.807, 2.05) is 38.1 Å². The molecule has 4 heteroatoms. The average Bonchev–Trinajstić information content (AvgIpc) is 2.43. The van der Waals surface area contributed by atoms with Gasteiger partial charge in [-0.25, -0.2) is 0 Å². The van der Waals surface area contributed by atoms with Gasteiger partial charge >= 0.3 is 0 Å². The van der Waals surface area contributed by atoms with E-state index in [0.717, 1.165) is 22.5 Å². The zero-order chi connectivity index (χ0) is 16.1. The van der Waals surface area contributed by atoms with E-state index in [1.54, 1.807) is 0 Å². The first kappa shape index (κ1) is 16.4. The third kappa shape index (κ3) is 4.50. The van der Waals surface area contributed by atoms with Gasteiger partial charge in [0.25, 0.3) is 0 Å². The number of carbonyl (C=O) groups excluding carboxylic acids is 1. The van der Waals surface area contributed by atoms with Crippen molar-refractivity contribution >= 4 is 28.9 Å². The molecular formula is C18H21ClN2O. The zero-order valence-corrected chi connectivity index (χ0v) is 13.9. The summed E-state index contributed by atoms with van der Waals surface area (Å²) in [6.07, 6.45) is 0.402. The van der Waals surface area contributed by atoms with Gasteiger partial charge in [-0.15, -0.1) is 0 Å². The molecule has 1 amide bonds. The summed E-state index contributed by atoms with van der Waals surface area (Å²) in [7, 11) is 0. The van der Waals surface area contributed by atoms with E-state index in [2.05, 4.69) is 29.7 Å². The predicted octanol–water partition coefficient (Wildman–Crippen LogP) is 4.71. The molecule has 2 aromatic carbocycles. The van der Waals surface area contributed by atoms with Gasteiger partial charge in [0.05, 0.1) is 0 Å². The Balaban J connectivity index is 1.89.